The number of carboxylic acid groups (broad SMARTS) is 1. The smallest absolute Gasteiger partial charge is 0.407 e. The van der Waals surface area contributed by atoms with Gasteiger partial charge in [0.25, 0.3) is 0 Å². The Balaban J connectivity index is 2.08. The number of amides is 1. The van der Waals surface area contributed by atoms with E-state index in [1.54, 1.807) is 0 Å². The first-order valence-electron chi connectivity index (χ1n) is 4.92. The summed E-state index contributed by atoms with van der Waals surface area (Å²) in [6, 6.07) is 8.59. The van der Waals surface area contributed by atoms with Crippen LogP contribution < -0.4 is 0 Å². The van der Waals surface area contributed by atoms with Gasteiger partial charge in [-0.05, 0) is 21.5 Å². The molecule has 2 unspecified atom stereocenters. The number of halogens is 2. The van der Waals surface area contributed by atoms with Gasteiger partial charge in [-0.1, -0.05) is 30.3 Å². The molecule has 0 heterocycles. The number of rotatable bonds is 3. The lowest BCUT2D eigenvalue weighted by atomic mass is 10.2. The van der Waals surface area contributed by atoms with Crippen LogP contribution in [0, 0.1) is 0 Å². The van der Waals surface area contributed by atoms with Crippen molar-refractivity contribution in [1.82, 2.24) is 4.90 Å². The van der Waals surface area contributed by atoms with E-state index in [1.807, 2.05) is 30.3 Å². The molecule has 1 aromatic carbocycles. The second-order valence-corrected chi connectivity index (χ2v) is 5.20. The standard InChI is InChI=1S/C11H11BrFNO2/c12-11(13)6-9(11)14(10(15)16)7-8-4-2-1-3-5-8/h1-5,9H,6-7H2,(H,15,16). The number of hydrogen-bond acceptors (Lipinski definition) is 1. The largest absolute Gasteiger partial charge is 0.465 e. The predicted octanol–water partition coefficient (Wildman–Crippen LogP) is 3.00. The molecule has 1 fully saturated rings. The Morgan fingerprint density at radius 1 is 1.56 bits per heavy atom. The SMILES string of the molecule is O=C(O)N(Cc1ccccc1)C1CC1(F)Br. The third-order valence-electron chi connectivity index (χ3n) is 2.61. The summed E-state index contributed by atoms with van der Waals surface area (Å²) in [6.45, 7) is 0.220. The van der Waals surface area contributed by atoms with Gasteiger partial charge in [0.05, 0.1) is 6.04 Å². The van der Waals surface area contributed by atoms with Crippen LogP contribution in [-0.2, 0) is 6.54 Å². The Labute approximate surface area is 101 Å². The van der Waals surface area contributed by atoms with E-state index < -0.39 is 16.7 Å². The van der Waals surface area contributed by atoms with Crippen molar-refractivity contribution in [3.63, 3.8) is 0 Å². The topological polar surface area (TPSA) is 40.5 Å². The number of hydrogen-bond donors (Lipinski definition) is 1. The van der Waals surface area contributed by atoms with Crippen LogP contribution in [0.3, 0.4) is 0 Å². The Hall–Kier alpha value is -1.10. The molecule has 1 aliphatic rings. The Kier molecular flexibility index (Phi) is 2.88. The predicted molar refractivity (Wildman–Crippen MR) is 61.2 cm³/mol. The summed E-state index contributed by atoms with van der Waals surface area (Å²) < 4.78 is 11.8. The fourth-order valence-electron chi connectivity index (χ4n) is 1.63. The fourth-order valence-corrected chi connectivity index (χ4v) is 2.18. The van der Waals surface area contributed by atoms with Gasteiger partial charge in [0.2, 0.25) is 0 Å². The molecule has 1 aliphatic carbocycles. The minimum absolute atomic E-state index is 0.214. The normalized spacial score (nSPS) is 27.5. The highest BCUT2D eigenvalue weighted by molar-refractivity contribution is 9.10. The minimum atomic E-state index is -1.54. The van der Waals surface area contributed by atoms with Gasteiger partial charge in [-0.15, -0.1) is 0 Å². The molecule has 1 amide bonds. The molecule has 2 rings (SSSR count). The molecule has 3 nitrogen and oxygen atoms in total. The van der Waals surface area contributed by atoms with Gasteiger partial charge in [0.15, 0.2) is 4.58 Å². The van der Waals surface area contributed by atoms with Crippen LogP contribution in [-0.4, -0.2) is 26.7 Å². The van der Waals surface area contributed by atoms with Crippen molar-refractivity contribution < 1.29 is 14.3 Å². The lowest BCUT2D eigenvalue weighted by molar-refractivity contribution is 0.133. The highest BCUT2D eigenvalue weighted by Crippen LogP contribution is 2.50. The summed E-state index contributed by atoms with van der Waals surface area (Å²) >= 11 is 2.86. The Bertz CT molecular complexity index is 396. The monoisotopic (exact) mass is 287 g/mol. The molecule has 0 bridgehead atoms. The maximum Gasteiger partial charge on any atom is 0.407 e. The summed E-state index contributed by atoms with van der Waals surface area (Å²) in [5.41, 5.74) is 0.861. The van der Waals surface area contributed by atoms with Gasteiger partial charge in [0.1, 0.15) is 0 Å². The molecule has 0 aromatic heterocycles. The summed E-state index contributed by atoms with van der Waals surface area (Å²) in [7, 11) is 0. The van der Waals surface area contributed by atoms with Gasteiger partial charge in [-0.3, -0.25) is 4.90 Å². The number of nitrogens with zero attached hydrogens (tertiary/aromatic N) is 1. The lowest BCUT2D eigenvalue weighted by Crippen LogP contribution is -2.33. The van der Waals surface area contributed by atoms with E-state index in [9.17, 15) is 9.18 Å². The van der Waals surface area contributed by atoms with Crippen molar-refractivity contribution >= 4 is 22.0 Å². The third kappa shape index (κ3) is 2.35. The van der Waals surface area contributed by atoms with Crippen LogP contribution in [0.15, 0.2) is 30.3 Å². The van der Waals surface area contributed by atoms with E-state index in [2.05, 4.69) is 15.9 Å². The third-order valence-corrected chi connectivity index (χ3v) is 3.46. The van der Waals surface area contributed by atoms with Crippen LogP contribution in [0.25, 0.3) is 0 Å². The van der Waals surface area contributed by atoms with E-state index in [0.29, 0.717) is 0 Å². The van der Waals surface area contributed by atoms with Crippen LogP contribution >= 0.6 is 15.9 Å². The molecule has 0 spiro atoms. The van der Waals surface area contributed by atoms with E-state index in [4.69, 9.17) is 5.11 Å². The van der Waals surface area contributed by atoms with Crippen molar-refractivity contribution in [2.24, 2.45) is 0 Å². The van der Waals surface area contributed by atoms with Gasteiger partial charge in [-0.25, -0.2) is 9.18 Å². The van der Waals surface area contributed by atoms with Gasteiger partial charge in [0, 0.05) is 13.0 Å². The molecule has 1 aromatic rings. The Morgan fingerprint density at radius 3 is 2.56 bits per heavy atom. The average molecular weight is 288 g/mol. The molecule has 1 saturated carbocycles. The average Bonchev–Trinajstić information content (AvgIpc) is 2.85. The first-order chi connectivity index (χ1) is 7.50. The molecule has 86 valence electrons. The van der Waals surface area contributed by atoms with Crippen LogP contribution in [0.1, 0.15) is 12.0 Å². The highest BCUT2D eigenvalue weighted by atomic mass is 79.9. The van der Waals surface area contributed by atoms with E-state index in [-0.39, 0.29) is 13.0 Å². The van der Waals surface area contributed by atoms with E-state index in [1.165, 1.54) is 0 Å². The molecule has 5 heteroatoms. The minimum Gasteiger partial charge on any atom is -0.465 e. The van der Waals surface area contributed by atoms with E-state index >= 15 is 0 Å². The Morgan fingerprint density at radius 2 is 2.12 bits per heavy atom. The molecule has 1 N–H and O–H groups in total. The zero-order chi connectivity index (χ0) is 11.8. The van der Waals surface area contributed by atoms with Gasteiger partial charge in [-0.2, -0.15) is 0 Å². The summed E-state index contributed by atoms with van der Waals surface area (Å²) in [4.78, 5) is 12.1. The van der Waals surface area contributed by atoms with Crippen molar-refractivity contribution in [3.8, 4) is 0 Å². The maximum absolute atomic E-state index is 13.4. The van der Waals surface area contributed by atoms with Crippen LogP contribution in [0.5, 0.6) is 0 Å². The summed E-state index contributed by atoms with van der Waals surface area (Å²) in [6.07, 6.45) is -0.876. The zero-order valence-corrected chi connectivity index (χ0v) is 10.0. The first kappa shape index (κ1) is 11.4. The molecular formula is C11H11BrFNO2. The van der Waals surface area contributed by atoms with Crippen molar-refractivity contribution in [2.45, 2.75) is 23.6 Å². The molecule has 0 saturated heterocycles. The number of alkyl halides is 2. The quantitative estimate of drug-likeness (QED) is 0.869. The molecule has 0 aliphatic heterocycles. The highest BCUT2D eigenvalue weighted by Gasteiger charge is 2.58. The lowest BCUT2D eigenvalue weighted by Gasteiger charge is -2.19. The van der Waals surface area contributed by atoms with Crippen LogP contribution in [0.4, 0.5) is 9.18 Å². The molecule has 0 radical (unpaired) electrons. The zero-order valence-electron chi connectivity index (χ0n) is 8.44. The molecule has 16 heavy (non-hydrogen) atoms. The van der Waals surface area contributed by atoms with Crippen molar-refractivity contribution in [1.29, 1.82) is 0 Å². The number of benzene rings is 1. The fraction of sp³-hybridized carbons (Fsp3) is 0.364. The van der Waals surface area contributed by atoms with Gasteiger partial charge < -0.3 is 5.11 Å². The summed E-state index contributed by atoms with van der Waals surface area (Å²) in [5, 5.41) is 9.02. The molecule has 2 atom stereocenters. The second kappa shape index (κ2) is 4.05. The van der Waals surface area contributed by atoms with Gasteiger partial charge >= 0.3 is 6.09 Å². The van der Waals surface area contributed by atoms with Crippen LogP contribution in [0.2, 0.25) is 0 Å². The number of carbonyl (C=O) groups is 1. The van der Waals surface area contributed by atoms with E-state index in [0.717, 1.165) is 10.5 Å². The maximum atomic E-state index is 13.4. The summed E-state index contributed by atoms with van der Waals surface area (Å²) in [5.74, 6) is 0. The second-order valence-electron chi connectivity index (χ2n) is 3.88. The first-order valence-corrected chi connectivity index (χ1v) is 5.71. The van der Waals surface area contributed by atoms with Crippen molar-refractivity contribution in [3.05, 3.63) is 35.9 Å². The van der Waals surface area contributed by atoms with Crippen molar-refractivity contribution in [2.75, 3.05) is 0 Å². The molecular weight excluding hydrogens is 277 g/mol.